The standard InChI is InChI=1S/C11H8F6O/c1-2-6-3-4-7(18)5-8(6)9(10(12,13)14)11(15,16)17/h2-5,9,18H,1H2. The van der Waals surface area contributed by atoms with E-state index in [-0.39, 0.29) is 5.56 Å². The summed E-state index contributed by atoms with van der Waals surface area (Å²) in [6.07, 6.45) is -10.1. The number of phenols is 1. The fraction of sp³-hybridized carbons (Fsp3) is 0.273. The van der Waals surface area contributed by atoms with Gasteiger partial charge in [-0.15, -0.1) is 0 Å². The van der Waals surface area contributed by atoms with Gasteiger partial charge < -0.3 is 5.11 Å². The van der Waals surface area contributed by atoms with Gasteiger partial charge in [0.25, 0.3) is 0 Å². The van der Waals surface area contributed by atoms with Gasteiger partial charge in [0.2, 0.25) is 0 Å². The zero-order valence-electron chi connectivity index (χ0n) is 8.81. The van der Waals surface area contributed by atoms with E-state index in [1.54, 1.807) is 0 Å². The molecule has 0 spiro atoms. The zero-order chi connectivity index (χ0) is 14.1. The number of halogens is 6. The van der Waals surface area contributed by atoms with E-state index in [0.717, 1.165) is 18.2 Å². The highest BCUT2D eigenvalue weighted by Gasteiger charge is 2.58. The number of aromatic hydroxyl groups is 1. The predicted octanol–water partition coefficient (Wildman–Crippen LogP) is 4.24. The Hall–Kier alpha value is -1.66. The molecule has 1 nitrogen and oxygen atoms in total. The molecule has 0 saturated carbocycles. The molecule has 0 bridgehead atoms. The van der Waals surface area contributed by atoms with Gasteiger partial charge in [0.05, 0.1) is 0 Å². The van der Waals surface area contributed by atoms with Crippen LogP contribution in [0.15, 0.2) is 24.8 Å². The molecule has 0 heterocycles. The molecule has 0 aliphatic heterocycles. The van der Waals surface area contributed by atoms with Crippen LogP contribution in [0, 0.1) is 0 Å². The molecule has 7 heteroatoms. The third-order valence-corrected chi connectivity index (χ3v) is 2.26. The van der Waals surface area contributed by atoms with Crippen molar-refractivity contribution < 1.29 is 31.4 Å². The lowest BCUT2D eigenvalue weighted by atomic mass is 9.92. The summed E-state index contributed by atoms with van der Waals surface area (Å²) in [6.45, 7) is 3.15. The summed E-state index contributed by atoms with van der Waals surface area (Å²) in [5.74, 6) is -4.32. The minimum absolute atomic E-state index is 0.326. The monoisotopic (exact) mass is 270 g/mol. The Morgan fingerprint density at radius 2 is 1.56 bits per heavy atom. The van der Waals surface area contributed by atoms with Crippen LogP contribution in [0.25, 0.3) is 6.08 Å². The molecule has 0 saturated heterocycles. The summed E-state index contributed by atoms with van der Waals surface area (Å²) in [7, 11) is 0. The van der Waals surface area contributed by atoms with Gasteiger partial charge in [-0.1, -0.05) is 18.7 Å². The molecule has 1 N–H and O–H groups in total. The van der Waals surface area contributed by atoms with E-state index in [4.69, 9.17) is 5.11 Å². The maximum absolute atomic E-state index is 12.5. The van der Waals surface area contributed by atoms with Crippen molar-refractivity contribution in [1.82, 2.24) is 0 Å². The Kier molecular flexibility index (Phi) is 3.64. The van der Waals surface area contributed by atoms with Gasteiger partial charge in [-0.05, 0) is 23.3 Å². The fourth-order valence-corrected chi connectivity index (χ4v) is 1.54. The van der Waals surface area contributed by atoms with Gasteiger partial charge >= 0.3 is 12.4 Å². The van der Waals surface area contributed by atoms with Crippen molar-refractivity contribution in [1.29, 1.82) is 0 Å². The SMILES string of the molecule is C=Cc1ccc(O)cc1C(C(F)(F)F)C(F)(F)F. The summed E-state index contributed by atoms with van der Waals surface area (Å²) >= 11 is 0. The maximum Gasteiger partial charge on any atom is 0.404 e. The van der Waals surface area contributed by atoms with Gasteiger partial charge in [-0.25, -0.2) is 0 Å². The minimum Gasteiger partial charge on any atom is -0.508 e. The van der Waals surface area contributed by atoms with Crippen LogP contribution in [-0.4, -0.2) is 17.5 Å². The van der Waals surface area contributed by atoms with Crippen LogP contribution < -0.4 is 0 Å². The second-order valence-corrected chi connectivity index (χ2v) is 3.53. The first kappa shape index (κ1) is 14.4. The van der Waals surface area contributed by atoms with Crippen molar-refractivity contribution in [3.63, 3.8) is 0 Å². The molecular weight excluding hydrogens is 262 g/mol. The molecule has 0 fully saturated rings. The number of phenolic OH excluding ortho intramolecular Hbond substituents is 1. The molecule has 18 heavy (non-hydrogen) atoms. The van der Waals surface area contributed by atoms with Gasteiger partial charge in [0, 0.05) is 0 Å². The summed E-state index contributed by atoms with van der Waals surface area (Å²) in [5.41, 5.74) is -1.39. The number of alkyl halides is 6. The second kappa shape index (κ2) is 4.55. The molecule has 1 aromatic carbocycles. The first-order valence-corrected chi connectivity index (χ1v) is 4.66. The molecule has 100 valence electrons. The summed E-state index contributed by atoms with van der Waals surface area (Å²) in [6, 6.07) is 2.38. The maximum atomic E-state index is 12.5. The van der Waals surface area contributed by atoms with E-state index < -0.39 is 29.6 Å². The molecule has 0 aliphatic carbocycles. The Morgan fingerprint density at radius 3 is 1.94 bits per heavy atom. The van der Waals surface area contributed by atoms with Gasteiger partial charge in [-0.2, -0.15) is 26.3 Å². The molecular formula is C11H8F6O. The Balaban J connectivity index is 3.48. The van der Waals surface area contributed by atoms with Crippen LogP contribution in [0.4, 0.5) is 26.3 Å². The van der Waals surface area contributed by atoms with Crippen molar-refractivity contribution in [3.05, 3.63) is 35.9 Å². The minimum atomic E-state index is -5.50. The van der Waals surface area contributed by atoms with Crippen molar-refractivity contribution in [2.45, 2.75) is 18.3 Å². The lowest BCUT2D eigenvalue weighted by molar-refractivity contribution is -0.253. The first-order chi connectivity index (χ1) is 8.07. The highest BCUT2D eigenvalue weighted by atomic mass is 19.4. The molecule has 0 unspecified atom stereocenters. The van der Waals surface area contributed by atoms with Gasteiger partial charge in [-0.3, -0.25) is 0 Å². The Labute approximate surface area is 98.4 Å². The van der Waals surface area contributed by atoms with Crippen molar-refractivity contribution >= 4 is 6.08 Å². The molecule has 0 atom stereocenters. The number of rotatable bonds is 2. The molecule has 1 aromatic rings. The summed E-state index contributed by atoms with van der Waals surface area (Å²) < 4.78 is 75.1. The Bertz CT molecular complexity index is 432. The van der Waals surface area contributed by atoms with Crippen molar-refractivity contribution in [2.75, 3.05) is 0 Å². The van der Waals surface area contributed by atoms with E-state index in [9.17, 15) is 26.3 Å². The molecule has 0 aliphatic rings. The number of hydrogen-bond acceptors (Lipinski definition) is 1. The first-order valence-electron chi connectivity index (χ1n) is 4.66. The van der Waals surface area contributed by atoms with Crippen LogP contribution in [0.5, 0.6) is 5.75 Å². The smallest absolute Gasteiger partial charge is 0.404 e. The van der Waals surface area contributed by atoms with Gasteiger partial charge in [0.1, 0.15) is 5.75 Å². The van der Waals surface area contributed by atoms with E-state index >= 15 is 0 Å². The van der Waals surface area contributed by atoms with E-state index in [0.29, 0.717) is 6.07 Å². The van der Waals surface area contributed by atoms with Crippen LogP contribution in [-0.2, 0) is 0 Å². The lowest BCUT2D eigenvalue weighted by Crippen LogP contribution is -2.34. The van der Waals surface area contributed by atoms with E-state index in [1.165, 1.54) is 0 Å². The van der Waals surface area contributed by atoms with Gasteiger partial charge in [0.15, 0.2) is 5.92 Å². The Morgan fingerprint density at radius 1 is 1.06 bits per heavy atom. The van der Waals surface area contributed by atoms with Crippen molar-refractivity contribution in [2.24, 2.45) is 0 Å². The largest absolute Gasteiger partial charge is 0.508 e. The third kappa shape index (κ3) is 2.96. The van der Waals surface area contributed by atoms with E-state index in [2.05, 4.69) is 6.58 Å². The average Bonchev–Trinajstić information content (AvgIpc) is 2.13. The average molecular weight is 270 g/mol. The predicted molar refractivity (Wildman–Crippen MR) is 53.0 cm³/mol. The van der Waals surface area contributed by atoms with Crippen molar-refractivity contribution in [3.8, 4) is 5.75 Å². The topological polar surface area (TPSA) is 20.2 Å². The third-order valence-electron chi connectivity index (χ3n) is 2.26. The second-order valence-electron chi connectivity index (χ2n) is 3.53. The number of benzene rings is 1. The highest BCUT2D eigenvalue weighted by molar-refractivity contribution is 5.55. The summed E-state index contributed by atoms with van der Waals surface area (Å²) in [5, 5.41) is 9.04. The molecule has 1 rings (SSSR count). The van der Waals surface area contributed by atoms with Crippen LogP contribution in [0.2, 0.25) is 0 Å². The van der Waals surface area contributed by atoms with Crippen LogP contribution in [0.1, 0.15) is 17.0 Å². The fourth-order valence-electron chi connectivity index (χ4n) is 1.54. The quantitative estimate of drug-likeness (QED) is 0.797. The van der Waals surface area contributed by atoms with Crippen LogP contribution in [0.3, 0.4) is 0 Å². The summed E-state index contributed by atoms with van der Waals surface area (Å²) in [4.78, 5) is 0. The highest BCUT2D eigenvalue weighted by Crippen LogP contribution is 2.48. The zero-order valence-corrected chi connectivity index (χ0v) is 8.81. The number of hydrogen-bond donors (Lipinski definition) is 1. The van der Waals surface area contributed by atoms with E-state index in [1.807, 2.05) is 0 Å². The molecule has 0 amide bonds. The molecule has 0 radical (unpaired) electrons. The normalized spacial score (nSPS) is 12.8. The lowest BCUT2D eigenvalue weighted by Gasteiger charge is -2.24. The molecule has 0 aromatic heterocycles. The van der Waals surface area contributed by atoms with Crippen LogP contribution >= 0.6 is 0 Å².